The predicted molar refractivity (Wildman–Crippen MR) is 139 cm³/mol. The molecular formula is C27H31N3O3S2. The quantitative estimate of drug-likeness (QED) is 0.504. The van der Waals surface area contributed by atoms with Crippen LogP contribution < -0.4 is 0 Å². The van der Waals surface area contributed by atoms with Gasteiger partial charge in [0, 0.05) is 50.6 Å². The Hall–Kier alpha value is -2.52. The SMILES string of the molecule is O=C(CCN1CCc2sccc2[C@H]1c1ccccc1)N1CCCN(S(=O)(=O)c2ccccc2)CC1. The topological polar surface area (TPSA) is 60.9 Å². The second kappa shape index (κ2) is 10.6. The molecular weight excluding hydrogens is 478 g/mol. The van der Waals surface area contributed by atoms with E-state index in [9.17, 15) is 13.2 Å². The van der Waals surface area contributed by atoms with Gasteiger partial charge < -0.3 is 4.90 Å². The molecule has 1 saturated heterocycles. The average Bonchev–Trinajstić information content (AvgIpc) is 3.22. The molecule has 184 valence electrons. The van der Waals surface area contributed by atoms with Gasteiger partial charge in [-0.05, 0) is 47.5 Å². The van der Waals surface area contributed by atoms with E-state index in [0.29, 0.717) is 50.5 Å². The first-order valence-electron chi connectivity index (χ1n) is 12.2. The number of fused-ring (bicyclic) bond motifs is 1. The second-order valence-electron chi connectivity index (χ2n) is 9.10. The highest BCUT2D eigenvalue weighted by Crippen LogP contribution is 2.37. The lowest BCUT2D eigenvalue weighted by atomic mass is 9.93. The monoisotopic (exact) mass is 509 g/mol. The van der Waals surface area contributed by atoms with Crippen molar-refractivity contribution in [3.63, 3.8) is 0 Å². The number of nitrogens with zero attached hydrogens (tertiary/aromatic N) is 3. The molecule has 1 atom stereocenters. The fourth-order valence-corrected chi connectivity index (χ4v) is 7.55. The van der Waals surface area contributed by atoms with Crippen molar-refractivity contribution in [3.05, 3.63) is 88.1 Å². The van der Waals surface area contributed by atoms with Crippen molar-refractivity contribution in [3.8, 4) is 0 Å². The zero-order valence-electron chi connectivity index (χ0n) is 19.8. The molecule has 0 radical (unpaired) electrons. The highest BCUT2D eigenvalue weighted by Gasteiger charge is 2.31. The third-order valence-electron chi connectivity index (χ3n) is 6.98. The predicted octanol–water partition coefficient (Wildman–Crippen LogP) is 4.01. The fraction of sp³-hybridized carbons (Fsp3) is 0.370. The number of amides is 1. The summed E-state index contributed by atoms with van der Waals surface area (Å²) in [4.78, 5) is 19.2. The summed E-state index contributed by atoms with van der Waals surface area (Å²) >= 11 is 1.82. The van der Waals surface area contributed by atoms with E-state index in [1.165, 1.54) is 20.3 Å². The highest BCUT2D eigenvalue weighted by molar-refractivity contribution is 7.89. The van der Waals surface area contributed by atoms with Crippen LogP contribution in [0.5, 0.6) is 0 Å². The number of hydrogen-bond acceptors (Lipinski definition) is 5. The van der Waals surface area contributed by atoms with Crippen LogP contribution in [-0.2, 0) is 21.2 Å². The molecule has 8 heteroatoms. The van der Waals surface area contributed by atoms with Crippen molar-refractivity contribution in [2.75, 3.05) is 39.3 Å². The van der Waals surface area contributed by atoms with Gasteiger partial charge in [-0.1, -0.05) is 48.5 Å². The van der Waals surface area contributed by atoms with E-state index in [4.69, 9.17) is 0 Å². The van der Waals surface area contributed by atoms with Crippen LogP contribution in [0, 0.1) is 0 Å². The van der Waals surface area contributed by atoms with Crippen molar-refractivity contribution < 1.29 is 13.2 Å². The first kappa shape index (κ1) is 24.2. The summed E-state index contributed by atoms with van der Waals surface area (Å²) in [6, 6.07) is 21.5. The number of benzene rings is 2. The molecule has 1 aromatic heterocycles. The third-order valence-corrected chi connectivity index (χ3v) is 9.89. The lowest BCUT2D eigenvalue weighted by Crippen LogP contribution is -2.40. The Balaban J connectivity index is 1.23. The molecule has 0 saturated carbocycles. The van der Waals surface area contributed by atoms with E-state index in [-0.39, 0.29) is 11.9 Å². The average molecular weight is 510 g/mol. The Morgan fingerprint density at radius 1 is 0.886 bits per heavy atom. The molecule has 2 aliphatic heterocycles. The molecule has 1 amide bonds. The van der Waals surface area contributed by atoms with Crippen molar-refractivity contribution in [2.24, 2.45) is 0 Å². The van der Waals surface area contributed by atoms with Crippen molar-refractivity contribution >= 4 is 27.3 Å². The maximum atomic E-state index is 13.2. The molecule has 6 nitrogen and oxygen atoms in total. The van der Waals surface area contributed by atoms with E-state index < -0.39 is 10.0 Å². The van der Waals surface area contributed by atoms with Crippen molar-refractivity contribution in [1.29, 1.82) is 0 Å². The van der Waals surface area contributed by atoms with E-state index in [1.807, 2.05) is 28.4 Å². The van der Waals surface area contributed by atoms with Crippen LogP contribution >= 0.6 is 11.3 Å². The molecule has 35 heavy (non-hydrogen) atoms. The minimum absolute atomic E-state index is 0.104. The van der Waals surface area contributed by atoms with Crippen molar-refractivity contribution in [2.45, 2.75) is 30.2 Å². The molecule has 1 fully saturated rings. The van der Waals surface area contributed by atoms with Crippen LogP contribution in [0.4, 0.5) is 0 Å². The van der Waals surface area contributed by atoms with Gasteiger partial charge in [0.15, 0.2) is 0 Å². The number of carbonyl (C=O) groups is 1. The fourth-order valence-electron chi connectivity index (χ4n) is 5.16. The first-order chi connectivity index (χ1) is 17.0. The van der Waals surface area contributed by atoms with Gasteiger partial charge in [-0.15, -0.1) is 11.3 Å². The Kier molecular flexibility index (Phi) is 7.34. The number of rotatable bonds is 6. The van der Waals surface area contributed by atoms with Crippen LogP contribution in [0.25, 0.3) is 0 Å². The van der Waals surface area contributed by atoms with Crippen LogP contribution in [0.2, 0.25) is 0 Å². The van der Waals surface area contributed by atoms with Gasteiger partial charge in [0.2, 0.25) is 15.9 Å². The summed E-state index contributed by atoms with van der Waals surface area (Å²) in [5.41, 5.74) is 2.62. The number of thiophene rings is 1. The molecule has 0 unspecified atom stereocenters. The molecule has 0 bridgehead atoms. The van der Waals surface area contributed by atoms with Gasteiger partial charge in [-0.3, -0.25) is 9.69 Å². The van der Waals surface area contributed by atoms with E-state index >= 15 is 0 Å². The Morgan fingerprint density at radius 2 is 1.63 bits per heavy atom. The number of hydrogen-bond donors (Lipinski definition) is 0. The molecule has 2 aromatic carbocycles. The van der Waals surface area contributed by atoms with Gasteiger partial charge in [-0.25, -0.2) is 8.42 Å². The molecule has 0 spiro atoms. The van der Waals surface area contributed by atoms with Gasteiger partial charge >= 0.3 is 0 Å². The summed E-state index contributed by atoms with van der Waals surface area (Å²) in [5.74, 6) is 0.104. The molecule has 3 heterocycles. The van der Waals surface area contributed by atoms with Crippen LogP contribution in [0.1, 0.15) is 34.9 Å². The summed E-state index contributed by atoms with van der Waals surface area (Å²) in [6.07, 6.45) is 2.10. The Labute approximate surface area is 211 Å². The van der Waals surface area contributed by atoms with Crippen LogP contribution in [0.15, 0.2) is 77.0 Å². The summed E-state index contributed by atoms with van der Waals surface area (Å²) in [7, 11) is -3.54. The minimum atomic E-state index is -3.54. The minimum Gasteiger partial charge on any atom is -0.341 e. The highest BCUT2D eigenvalue weighted by atomic mass is 32.2. The first-order valence-corrected chi connectivity index (χ1v) is 14.5. The molecule has 5 rings (SSSR count). The lowest BCUT2D eigenvalue weighted by molar-refractivity contribution is -0.131. The number of carbonyl (C=O) groups excluding carboxylic acids is 1. The summed E-state index contributed by atoms with van der Waals surface area (Å²) in [6.45, 7) is 3.42. The van der Waals surface area contributed by atoms with E-state index in [2.05, 4.69) is 40.6 Å². The van der Waals surface area contributed by atoms with Crippen LogP contribution in [0.3, 0.4) is 0 Å². The lowest BCUT2D eigenvalue weighted by Gasteiger charge is -2.36. The standard InChI is InChI=1S/C27H31N3O3S2/c31-26(28-15-7-16-30(20-19-28)35(32,33)23-10-5-2-6-11-23)13-18-29-17-12-25-24(14-21-34-25)27(29)22-8-3-1-4-9-22/h1-6,8-11,14,21,27H,7,12-13,15-20H2/t27-/m1/s1. The second-order valence-corrected chi connectivity index (χ2v) is 12.0. The summed E-state index contributed by atoms with van der Waals surface area (Å²) < 4.78 is 27.5. The van der Waals surface area contributed by atoms with Crippen molar-refractivity contribution in [1.82, 2.24) is 14.1 Å². The molecule has 0 aliphatic carbocycles. The van der Waals surface area contributed by atoms with Gasteiger partial charge in [0.05, 0.1) is 10.9 Å². The Bertz CT molecular complexity index is 1240. The largest absolute Gasteiger partial charge is 0.341 e. The van der Waals surface area contributed by atoms with Gasteiger partial charge in [-0.2, -0.15) is 4.31 Å². The molecule has 2 aliphatic rings. The smallest absolute Gasteiger partial charge is 0.243 e. The van der Waals surface area contributed by atoms with E-state index in [1.54, 1.807) is 24.3 Å². The maximum absolute atomic E-state index is 13.2. The zero-order chi connectivity index (χ0) is 24.3. The number of sulfonamides is 1. The maximum Gasteiger partial charge on any atom is 0.243 e. The van der Waals surface area contributed by atoms with E-state index in [0.717, 1.165) is 13.0 Å². The Morgan fingerprint density at radius 3 is 2.40 bits per heavy atom. The van der Waals surface area contributed by atoms with Gasteiger partial charge in [0.25, 0.3) is 0 Å². The molecule has 3 aromatic rings. The third kappa shape index (κ3) is 5.21. The van der Waals surface area contributed by atoms with Gasteiger partial charge in [0.1, 0.15) is 0 Å². The molecule has 0 N–H and O–H groups in total. The normalized spacial score (nSPS) is 19.8. The summed E-state index contributed by atoms with van der Waals surface area (Å²) in [5, 5.41) is 2.17. The van der Waals surface area contributed by atoms with Crippen LogP contribution in [-0.4, -0.2) is 67.7 Å². The zero-order valence-corrected chi connectivity index (χ0v) is 21.4.